The van der Waals surface area contributed by atoms with Crippen LogP contribution in [0.4, 0.5) is 30.7 Å². The first kappa shape index (κ1) is 15.7. The number of hydrogen-bond donors (Lipinski definition) is 1. The molecule has 19 heavy (non-hydrogen) atoms. The van der Waals surface area contributed by atoms with Gasteiger partial charge in [-0.2, -0.15) is 26.3 Å². The predicted molar refractivity (Wildman–Crippen MR) is 53.8 cm³/mol. The summed E-state index contributed by atoms with van der Waals surface area (Å²) in [5.41, 5.74) is 1.10. The summed E-state index contributed by atoms with van der Waals surface area (Å²) in [5.74, 6) is -1.56. The lowest BCUT2D eigenvalue weighted by molar-refractivity contribution is -0.143. The van der Waals surface area contributed by atoms with E-state index in [4.69, 9.17) is 5.73 Å². The first-order valence-corrected chi connectivity index (χ1v) is 5.15. The van der Waals surface area contributed by atoms with Crippen molar-refractivity contribution in [1.82, 2.24) is 0 Å². The highest BCUT2D eigenvalue weighted by Gasteiger charge is 2.39. The Labute approximate surface area is 104 Å². The molecule has 1 atom stereocenters. The van der Waals surface area contributed by atoms with E-state index in [9.17, 15) is 30.7 Å². The van der Waals surface area contributed by atoms with Crippen LogP contribution in [0.25, 0.3) is 0 Å². The molecule has 0 saturated heterocycles. The molecule has 0 saturated carbocycles. The third-order valence-corrected chi connectivity index (χ3v) is 2.35. The van der Waals surface area contributed by atoms with Gasteiger partial charge in [-0.05, 0) is 25.5 Å². The van der Waals surface area contributed by atoms with Crippen molar-refractivity contribution >= 4 is 0 Å². The lowest BCUT2D eigenvalue weighted by Crippen LogP contribution is -2.23. The summed E-state index contributed by atoms with van der Waals surface area (Å²) in [6.07, 6.45) is -10.6. The molecule has 0 amide bonds. The van der Waals surface area contributed by atoms with Crippen molar-refractivity contribution in [2.45, 2.75) is 31.7 Å². The lowest BCUT2D eigenvalue weighted by atomic mass is 9.97. The first-order chi connectivity index (χ1) is 8.43. The van der Waals surface area contributed by atoms with Gasteiger partial charge in [-0.25, -0.2) is 4.39 Å². The summed E-state index contributed by atoms with van der Waals surface area (Å²) >= 11 is 0. The summed E-state index contributed by atoms with van der Waals surface area (Å²) in [6, 6.07) is -0.861. The molecule has 0 aromatic heterocycles. The molecule has 1 nitrogen and oxygen atoms in total. The Balaban J connectivity index is 3.48. The van der Waals surface area contributed by atoms with E-state index in [0.29, 0.717) is 0 Å². The second-order valence-electron chi connectivity index (χ2n) is 4.16. The Morgan fingerprint density at radius 1 is 1.05 bits per heavy atom. The molecule has 0 aliphatic rings. The SMILES string of the molecule is CC(N)Cc1c(F)cc(C(F)(F)F)cc1C(F)(F)F. The second kappa shape index (κ2) is 4.99. The lowest BCUT2D eigenvalue weighted by Gasteiger charge is -2.18. The molecule has 0 heterocycles. The van der Waals surface area contributed by atoms with Gasteiger partial charge in [0.2, 0.25) is 0 Å². The number of benzene rings is 1. The van der Waals surface area contributed by atoms with Crippen LogP contribution in [0.1, 0.15) is 23.6 Å². The third kappa shape index (κ3) is 3.82. The zero-order valence-electron chi connectivity index (χ0n) is 9.66. The summed E-state index contributed by atoms with van der Waals surface area (Å²) in [7, 11) is 0. The molecule has 1 aromatic carbocycles. The quantitative estimate of drug-likeness (QED) is 0.824. The van der Waals surface area contributed by atoms with Crippen LogP contribution in [0, 0.1) is 5.82 Å². The Bertz CT molecular complexity index is 459. The summed E-state index contributed by atoms with van der Waals surface area (Å²) in [4.78, 5) is 0. The van der Waals surface area contributed by atoms with Crippen molar-refractivity contribution in [3.05, 3.63) is 34.6 Å². The minimum Gasteiger partial charge on any atom is -0.328 e. The molecule has 0 spiro atoms. The van der Waals surface area contributed by atoms with Crippen molar-refractivity contribution in [3.8, 4) is 0 Å². The highest BCUT2D eigenvalue weighted by molar-refractivity contribution is 5.37. The third-order valence-electron chi connectivity index (χ3n) is 2.35. The van der Waals surface area contributed by atoms with Gasteiger partial charge in [-0.15, -0.1) is 0 Å². The Kier molecular flexibility index (Phi) is 4.14. The smallest absolute Gasteiger partial charge is 0.328 e. The number of hydrogen-bond acceptors (Lipinski definition) is 1. The highest BCUT2D eigenvalue weighted by atomic mass is 19.4. The molecule has 1 rings (SSSR count). The van der Waals surface area contributed by atoms with Gasteiger partial charge in [0, 0.05) is 11.6 Å². The van der Waals surface area contributed by atoms with E-state index >= 15 is 0 Å². The molecular weight excluding hydrogens is 279 g/mol. The zero-order chi connectivity index (χ0) is 15.0. The molecule has 2 N–H and O–H groups in total. The van der Waals surface area contributed by atoms with Crippen molar-refractivity contribution in [1.29, 1.82) is 0 Å². The van der Waals surface area contributed by atoms with Crippen LogP contribution in [-0.2, 0) is 18.8 Å². The number of alkyl halides is 6. The van der Waals surface area contributed by atoms with Crippen LogP contribution in [0.5, 0.6) is 0 Å². The fraction of sp³-hybridized carbons (Fsp3) is 0.455. The van der Waals surface area contributed by atoms with Gasteiger partial charge in [-0.3, -0.25) is 0 Å². The van der Waals surface area contributed by atoms with Crippen LogP contribution in [0.3, 0.4) is 0 Å². The molecule has 0 aliphatic carbocycles. The molecule has 0 bridgehead atoms. The largest absolute Gasteiger partial charge is 0.416 e. The fourth-order valence-corrected chi connectivity index (χ4v) is 1.58. The van der Waals surface area contributed by atoms with E-state index in [1.54, 1.807) is 0 Å². The molecule has 8 heteroatoms. The van der Waals surface area contributed by atoms with Crippen LogP contribution >= 0.6 is 0 Å². The van der Waals surface area contributed by atoms with Gasteiger partial charge in [0.25, 0.3) is 0 Å². The van der Waals surface area contributed by atoms with E-state index in [-0.39, 0.29) is 12.1 Å². The maximum atomic E-state index is 13.5. The first-order valence-electron chi connectivity index (χ1n) is 5.15. The van der Waals surface area contributed by atoms with E-state index in [2.05, 4.69) is 0 Å². The maximum Gasteiger partial charge on any atom is 0.416 e. The molecular formula is C11H10F7N. The molecule has 108 valence electrons. The van der Waals surface area contributed by atoms with Gasteiger partial charge in [0.05, 0.1) is 11.1 Å². The minimum atomic E-state index is -5.08. The van der Waals surface area contributed by atoms with Crippen LogP contribution in [0.15, 0.2) is 12.1 Å². The van der Waals surface area contributed by atoms with Crippen molar-refractivity contribution in [3.63, 3.8) is 0 Å². The van der Waals surface area contributed by atoms with Crippen LogP contribution in [0.2, 0.25) is 0 Å². The number of halogens is 7. The van der Waals surface area contributed by atoms with Crippen molar-refractivity contribution in [2.75, 3.05) is 0 Å². The normalized spacial score (nSPS) is 14.6. The molecule has 0 fully saturated rings. The monoisotopic (exact) mass is 289 g/mol. The van der Waals surface area contributed by atoms with Crippen LogP contribution < -0.4 is 5.73 Å². The molecule has 1 unspecified atom stereocenters. The minimum absolute atomic E-state index is 0.0486. The maximum absolute atomic E-state index is 13.5. The van der Waals surface area contributed by atoms with Gasteiger partial charge < -0.3 is 5.73 Å². The highest BCUT2D eigenvalue weighted by Crippen LogP contribution is 2.38. The van der Waals surface area contributed by atoms with Gasteiger partial charge in [-0.1, -0.05) is 0 Å². The molecule has 0 radical (unpaired) electrons. The number of rotatable bonds is 2. The van der Waals surface area contributed by atoms with E-state index < -0.39 is 47.3 Å². The average Bonchev–Trinajstić information content (AvgIpc) is 2.16. The Hall–Kier alpha value is -1.31. The predicted octanol–water partition coefficient (Wildman–Crippen LogP) is 3.75. The summed E-state index contributed by atoms with van der Waals surface area (Å²) in [6.45, 7) is 1.33. The Morgan fingerprint density at radius 3 is 1.95 bits per heavy atom. The topological polar surface area (TPSA) is 26.0 Å². The fourth-order valence-electron chi connectivity index (χ4n) is 1.58. The Morgan fingerprint density at radius 2 is 1.58 bits per heavy atom. The summed E-state index contributed by atoms with van der Waals surface area (Å²) < 4.78 is 88.6. The van der Waals surface area contributed by atoms with Gasteiger partial charge in [0.15, 0.2) is 0 Å². The molecule has 1 aromatic rings. The van der Waals surface area contributed by atoms with Gasteiger partial charge in [0.1, 0.15) is 5.82 Å². The summed E-state index contributed by atoms with van der Waals surface area (Å²) in [5, 5.41) is 0. The zero-order valence-corrected chi connectivity index (χ0v) is 9.66. The average molecular weight is 289 g/mol. The standard InChI is InChI=1S/C11H10F7N/c1-5(19)2-7-8(11(16,17)18)3-6(4-9(7)12)10(13,14)15/h3-5H,2,19H2,1H3. The molecule has 0 aliphatic heterocycles. The van der Waals surface area contributed by atoms with Crippen molar-refractivity contribution in [2.24, 2.45) is 5.73 Å². The second-order valence-corrected chi connectivity index (χ2v) is 4.16. The van der Waals surface area contributed by atoms with E-state index in [1.807, 2.05) is 0 Å². The van der Waals surface area contributed by atoms with E-state index in [1.165, 1.54) is 6.92 Å². The van der Waals surface area contributed by atoms with Crippen molar-refractivity contribution < 1.29 is 30.7 Å². The van der Waals surface area contributed by atoms with Crippen LogP contribution in [-0.4, -0.2) is 6.04 Å². The van der Waals surface area contributed by atoms with E-state index in [0.717, 1.165) is 0 Å². The number of nitrogens with two attached hydrogens (primary N) is 1. The van der Waals surface area contributed by atoms with Gasteiger partial charge >= 0.3 is 12.4 Å².